The molecule has 0 saturated heterocycles. The standard InChI is InChI=1S/C32H30N4O5/c1-36(19-21-7-5-4-6-8-21)28-11-9-22(15-24(28)25-16-23(37)10-12-29(25)38)35-32-26-17-30(40-3)31(41-14-13-39-2)18-27(26)33-20-34-32/h4-12,15-18,20H,13-14,19H2,1-3H3,(H,33,34,35). The number of nitrogens with zero attached hydrogens (tertiary/aromatic N) is 3. The number of fused-ring (bicyclic) bond motifs is 1. The van der Waals surface area contributed by atoms with Crippen LogP contribution in [0.2, 0.25) is 0 Å². The second-order valence-corrected chi connectivity index (χ2v) is 9.44. The summed E-state index contributed by atoms with van der Waals surface area (Å²) in [7, 11) is 5.14. The predicted molar refractivity (Wildman–Crippen MR) is 159 cm³/mol. The zero-order valence-electron chi connectivity index (χ0n) is 23.1. The van der Waals surface area contributed by atoms with Crippen molar-refractivity contribution < 1.29 is 23.8 Å². The molecule has 0 fully saturated rings. The number of carbonyl (C=O) groups excluding carboxylic acids is 2. The number of carbonyl (C=O) groups is 2. The number of rotatable bonds is 11. The SMILES string of the molecule is COCCOc1cc2ncnc(Nc3ccc(N(C)Cc4ccccc4)c(C4=CC(=O)C=CC4=O)c3)c2cc1OC. The maximum absolute atomic E-state index is 12.9. The smallest absolute Gasteiger partial charge is 0.186 e. The van der Waals surface area contributed by atoms with Gasteiger partial charge in [0.25, 0.3) is 0 Å². The first-order chi connectivity index (χ1) is 20.0. The van der Waals surface area contributed by atoms with E-state index in [0.29, 0.717) is 59.4 Å². The summed E-state index contributed by atoms with van der Waals surface area (Å²) in [6.45, 7) is 1.43. The summed E-state index contributed by atoms with van der Waals surface area (Å²) in [5, 5.41) is 4.09. The molecule has 208 valence electrons. The lowest BCUT2D eigenvalue weighted by Gasteiger charge is -2.24. The average Bonchev–Trinajstić information content (AvgIpc) is 2.98. The van der Waals surface area contributed by atoms with Gasteiger partial charge in [0.15, 0.2) is 23.1 Å². The lowest BCUT2D eigenvalue weighted by atomic mass is 9.94. The Morgan fingerprint density at radius 2 is 1.73 bits per heavy atom. The van der Waals surface area contributed by atoms with E-state index < -0.39 is 0 Å². The van der Waals surface area contributed by atoms with Crippen molar-refractivity contribution in [3.63, 3.8) is 0 Å². The molecule has 0 radical (unpaired) electrons. The van der Waals surface area contributed by atoms with Gasteiger partial charge in [-0.2, -0.15) is 0 Å². The van der Waals surface area contributed by atoms with Crippen molar-refractivity contribution >= 4 is 45.2 Å². The van der Waals surface area contributed by atoms with Gasteiger partial charge in [-0.1, -0.05) is 30.3 Å². The highest BCUT2D eigenvalue weighted by molar-refractivity contribution is 6.34. The first-order valence-electron chi connectivity index (χ1n) is 13.1. The topological polar surface area (TPSA) is 103 Å². The van der Waals surface area contributed by atoms with Crippen LogP contribution in [-0.4, -0.2) is 56.0 Å². The molecule has 0 spiro atoms. The van der Waals surface area contributed by atoms with E-state index in [9.17, 15) is 9.59 Å². The highest BCUT2D eigenvalue weighted by Gasteiger charge is 2.21. The predicted octanol–water partition coefficient (Wildman–Crippen LogP) is 5.14. The fraction of sp³-hybridized carbons (Fsp3) is 0.188. The number of ketones is 2. The monoisotopic (exact) mass is 550 g/mol. The van der Waals surface area contributed by atoms with E-state index in [-0.39, 0.29) is 11.6 Å². The normalized spacial score (nSPS) is 12.8. The van der Waals surface area contributed by atoms with Crippen LogP contribution >= 0.6 is 0 Å². The van der Waals surface area contributed by atoms with Crippen LogP contribution in [0.25, 0.3) is 16.5 Å². The Kier molecular flexibility index (Phi) is 8.36. The Morgan fingerprint density at radius 3 is 2.51 bits per heavy atom. The highest BCUT2D eigenvalue weighted by atomic mass is 16.5. The number of hydrogen-bond acceptors (Lipinski definition) is 9. The number of ether oxygens (including phenoxy) is 3. The van der Waals surface area contributed by atoms with Crippen LogP contribution in [0.4, 0.5) is 17.2 Å². The minimum absolute atomic E-state index is 0.227. The molecule has 1 heterocycles. The first kappa shape index (κ1) is 27.5. The third-order valence-corrected chi connectivity index (χ3v) is 6.64. The maximum atomic E-state index is 12.9. The molecule has 1 aliphatic carbocycles. The van der Waals surface area contributed by atoms with Crippen LogP contribution in [0, 0.1) is 0 Å². The largest absolute Gasteiger partial charge is 0.493 e. The van der Waals surface area contributed by atoms with E-state index in [2.05, 4.69) is 20.2 Å². The number of nitrogens with one attached hydrogen (secondary N) is 1. The second-order valence-electron chi connectivity index (χ2n) is 9.44. The van der Waals surface area contributed by atoms with E-state index in [1.807, 2.05) is 61.6 Å². The van der Waals surface area contributed by atoms with Crippen molar-refractivity contribution in [3.8, 4) is 11.5 Å². The number of aromatic nitrogens is 2. The number of allylic oxidation sites excluding steroid dienone is 4. The number of benzene rings is 3. The van der Waals surface area contributed by atoms with Gasteiger partial charge in [0.1, 0.15) is 18.8 Å². The lowest BCUT2D eigenvalue weighted by Crippen LogP contribution is -2.19. The van der Waals surface area contributed by atoms with Crippen molar-refractivity contribution in [2.45, 2.75) is 6.54 Å². The van der Waals surface area contributed by atoms with Gasteiger partial charge in [-0.05, 0) is 48.1 Å². The van der Waals surface area contributed by atoms with Crippen LogP contribution in [0.1, 0.15) is 11.1 Å². The second kappa shape index (κ2) is 12.4. The Morgan fingerprint density at radius 1 is 0.902 bits per heavy atom. The van der Waals surface area contributed by atoms with E-state index in [0.717, 1.165) is 16.6 Å². The van der Waals surface area contributed by atoms with Gasteiger partial charge in [0, 0.05) is 54.7 Å². The minimum atomic E-state index is -0.230. The summed E-state index contributed by atoms with van der Waals surface area (Å²) < 4.78 is 16.4. The molecule has 0 bridgehead atoms. The summed E-state index contributed by atoms with van der Waals surface area (Å²) in [6, 6.07) is 19.4. The van der Waals surface area contributed by atoms with Gasteiger partial charge in [0.05, 0.1) is 19.2 Å². The summed E-state index contributed by atoms with van der Waals surface area (Å²) in [5.74, 6) is 1.18. The van der Waals surface area contributed by atoms with Gasteiger partial charge in [-0.25, -0.2) is 9.97 Å². The Bertz CT molecular complexity index is 1650. The lowest BCUT2D eigenvalue weighted by molar-refractivity contribution is -0.113. The van der Waals surface area contributed by atoms with Crippen molar-refractivity contribution in [3.05, 3.63) is 96.3 Å². The average molecular weight is 551 g/mol. The molecule has 1 aromatic heterocycles. The molecule has 3 aromatic carbocycles. The molecule has 1 aliphatic rings. The summed E-state index contributed by atoms with van der Waals surface area (Å²) in [6.07, 6.45) is 5.46. The van der Waals surface area contributed by atoms with Gasteiger partial charge in [0.2, 0.25) is 0 Å². The van der Waals surface area contributed by atoms with Crippen LogP contribution < -0.4 is 19.7 Å². The Labute approximate surface area is 238 Å². The van der Waals surface area contributed by atoms with E-state index in [1.165, 1.54) is 24.6 Å². The van der Waals surface area contributed by atoms with Crippen LogP contribution in [0.3, 0.4) is 0 Å². The van der Waals surface area contributed by atoms with Gasteiger partial charge >= 0.3 is 0 Å². The van der Waals surface area contributed by atoms with Crippen molar-refractivity contribution in [1.29, 1.82) is 0 Å². The third kappa shape index (κ3) is 6.26. The van der Waals surface area contributed by atoms with Crippen LogP contribution in [0.15, 0.2) is 85.2 Å². The molecule has 9 heteroatoms. The highest BCUT2D eigenvalue weighted by Crippen LogP contribution is 2.37. The summed E-state index contributed by atoms with van der Waals surface area (Å²) >= 11 is 0. The molecule has 1 N–H and O–H groups in total. The van der Waals surface area contributed by atoms with Gasteiger partial charge in [-0.3, -0.25) is 9.59 Å². The van der Waals surface area contributed by atoms with Crippen LogP contribution in [0.5, 0.6) is 11.5 Å². The molecule has 5 rings (SSSR count). The molecule has 0 unspecified atom stereocenters. The fourth-order valence-electron chi connectivity index (χ4n) is 4.63. The zero-order valence-corrected chi connectivity index (χ0v) is 23.1. The molecular weight excluding hydrogens is 520 g/mol. The Balaban J connectivity index is 1.52. The quantitative estimate of drug-likeness (QED) is 0.201. The number of methoxy groups -OCH3 is 2. The summed E-state index contributed by atoms with van der Waals surface area (Å²) in [4.78, 5) is 36.1. The van der Waals surface area contributed by atoms with E-state index in [4.69, 9.17) is 14.2 Å². The number of anilines is 3. The van der Waals surface area contributed by atoms with Gasteiger partial charge < -0.3 is 24.4 Å². The molecule has 0 saturated carbocycles. The zero-order chi connectivity index (χ0) is 28.8. The maximum Gasteiger partial charge on any atom is 0.186 e. The van der Waals surface area contributed by atoms with Gasteiger partial charge in [-0.15, -0.1) is 0 Å². The molecular formula is C32H30N4O5. The van der Waals surface area contributed by atoms with Crippen molar-refractivity contribution in [1.82, 2.24) is 9.97 Å². The molecule has 4 aromatic rings. The fourth-order valence-corrected chi connectivity index (χ4v) is 4.63. The molecule has 0 atom stereocenters. The summed E-state index contributed by atoms with van der Waals surface area (Å²) in [5.41, 5.74) is 4.26. The van der Waals surface area contributed by atoms with E-state index in [1.54, 1.807) is 20.3 Å². The Hall–Kier alpha value is -5.02. The van der Waals surface area contributed by atoms with Crippen molar-refractivity contribution in [2.75, 3.05) is 44.7 Å². The number of hydrogen-bond donors (Lipinski definition) is 1. The molecule has 9 nitrogen and oxygen atoms in total. The van der Waals surface area contributed by atoms with Crippen LogP contribution in [-0.2, 0) is 20.9 Å². The van der Waals surface area contributed by atoms with Crippen molar-refractivity contribution in [2.24, 2.45) is 0 Å². The third-order valence-electron chi connectivity index (χ3n) is 6.64. The van der Waals surface area contributed by atoms with E-state index >= 15 is 0 Å². The minimum Gasteiger partial charge on any atom is -0.493 e. The molecule has 41 heavy (non-hydrogen) atoms. The molecule has 0 aliphatic heterocycles. The molecule has 0 amide bonds. The first-order valence-corrected chi connectivity index (χ1v) is 13.1.